The van der Waals surface area contributed by atoms with E-state index in [0.29, 0.717) is 5.56 Å². The smallest absolute Gasteiger partial charge is 0.452 e. The van der Waals surface area contributed by atoms with Crippen molar-refractivity contribution in [2.75, 3.05) is 0 Å². The highest BCUT2D eigenvalue weighted by atomic mass is 19.4. The molecule has 0 aliphatic carbocycles. The average Bonchev–Trinajstić information content (AvgIpc) is 3.14. The van der Waals surface area contributed by atoms with E-state index in [1.807, 2.05) is 0 Å². The molecule has 1 heterocycles. The molecule has 0 unspecified atom stereocenters. The van der Waals surface area contributed by atoms with Gasteiger partial charge in [0.15, 0.2) is 6.61 Å². The summed E-state index contributed by atoms with van der Waals surface area (Å²) < 4.78 is 50.0. The summed E-state index contributed by atoms with van der Waals surface area (Å²) >= 11 is 0. The van der Waals surface area contributed by atoms with Crippen molar-refractivity contribution in [1.29, 1.82) is 0 Å². The fourth-order valence-electron chi connectivity index (χ4n) is 2.17. The van der Waals surface area contributed by atoms with Crippen molar-refractivity contribution in [1.82, 2.24) is 10.1 Å². The fourth-order valence-corrected chi connectivity index (χ4v) is 2.17. The Morgan fingerprint density at radius 1 is 1.10 bits per heavy atom. The van der Waals surface area contributed by atoms with Gasteiger partial charge in [0.25, 0.3) is 11.6 Å². The molecule has 0 N–H and O–H groups in total. The third-order valence-electron chi connectivity index (χ3n) is 3.45. The van der Waals surface area contributed by atoms with E-state index in [-0.39, 0.29) is 29.6 Å². The van der Waals surface area contributed by atoms with Crippen LogP contribution in [0.25, 0.3) is 11.4 Å². The number of alkyl halides is 3. The van der Waals surface area contributed by atoms with Crippen LogP contribution in [0.5, 0.6) is 5.75 Å². The number of aromatic nitrogens is 2. The molecule has 0 amide bonds. The van der Waals surface area contributed by atoms with Gasteiger partial charge in [-0.2, -0.15) is 4.98 Å². The minimum Gasteiger partial charge on any atom is -0.452 e. The predicted molar refractivity (Wildman–Crippen MR) is 88.6 cm³/mol. The lowest BCUT2D eigenvalue weighted by molar-refractivity contribution is -0.384. The van der Waals surface area contributed by atoms with E-state index in [1.165, 1.54) is 24.3 Å². The maximum absolute atomic E-state index is 12.1. The van der Waals surface area contributed by atoms with E-state index in [4.69, 9.17) is 9.26 Å². The number of hydrogen-bond donors (Lipinski definition) is 0. The molecule has 2 aromatic carbocycles. The number of esters is 1. The minimum atomic E-state index is -4.83. The Kier molecular flexibility index (Phi) is 5.43. The van der Waals surface area contributed by atoms with E-state index >= 15 is 0 Å². The molecular weight excluding hydrogens is 399 g/mol. The van der Waals surface area contributed by atoms with Crippen LogP contribution >= 0.6 is 0 Å². The van der Waals surface area contributed by atoms with Gasteiger partial charge in [0.2, 0.25) is 5.82 Å². The zero-order valence-corrected chi connectivity index (χ0v) is 14.3. The number of nitro benzene ring substituents is 1. The van der Waals surface area contributed by atoms with E-state index < -0.39 is 23.0 Å². The number of hydrogen-bond acceptors (Lipinski definition) is 8. The third kappa shape index (κ3) is 5.28. The number of non-ortho nitro benzene ring substituents is 1. The summed E-state index contributed by atoms with van der Waals surface area (Å²) in [6, 6.07) is 9.59. The van der Waals surface area contributed by atoms with Crippen LogP contribution in [0.15, 0.2) is 53.1 Å². The van der Waals surface area contributed by atoms with Crippen molar-refractivity contribution in [2.24, 2.45) is 0 Å². The van der Waals surface area contributed by atoms with E-state index in [2.05, 4.69) is 14.9 Å². The Bertz CT molecular complexity index is 1020. The first-order valence-corrected chi connectivity index (χ1v) is 7.81. The van der Waals surface area contributed by atoms with Crippen LogP contribution in [0.2, 0.25) is 0 Å². The standard InChI is InChI=1S/C17H10F3N3O6/c18-17(19,20)28-13-7-3-11(4-8-13)16(24)27-9-14-21-15(22-29-14)10-1-5-12(6-2-10)23(25)26/h1-8H,9H2. The number of nitro groups is 1. The molecule has 0 fully saturated rings. The van der Waals surface area contributed by atoms with Crippen molar-refractivity contribution < 1.29 is 36.9 Å². The molecule has 9 nitrogen and oxygen atoms in total. The molecule has 0 saturated carbocycles. The van der Waals surface area contributed by atoms with Crippen LogP contribution < -0.4 is 4.74 Å². The van der Waals surface area contributed by atoms with Gasteiger partial charge >= 0.3 is 12.3 Å². The molecule has 3 rings (SSSR count). The van der Waals surface area contributed by atoms with E-state index in [9.17, 15) is 28.1 Å². The quantitative estimate of drug-likeness (QED) is 0.342. The molecule has 3 aromatic rings. The summed E-state index contributed by atoms with van der Waals surface area (Å²) in [6.45, 7) is -0.375. The molecule has 0 aliphatic heterocycles. The second-order valence-electron chi connectivity index (χ2n) is 5.46. The predicted octanol–water partition coefficient (Wildman–Crippen LogP) is 3.90. The molecule has 29 heavy (non-hydrogen) atoms. The Morgan fingerprint density at radius 3 is 2.34 bits per heavy atom. The molecule has 0 atom stereocenters. The van der Waals surface area contributed by atoms with Gasteiger partial charge in [-0.05, 0) is 36.4 Å². The summed E-state index contributed by atoms with van der Waals surface area (Å²) in [5.74, 6) is -1.19. The summed E-state index contributed by atoms with van der Waals surface area (Å²) in [6.07, 6.45) is -4.83. The van der Waals surface area contributed by atoms with Crippen molar-refractivity contribution in [3.63, 3.8) is 0 Å². The number of carbonyl (C=O) groups is 1. The Labute approximate surface area is 159 Å². The third-order valence-corrected chi connectivity index (χ3v) is 3.45. The van der Waals surface area contributed by atoms with Gasteiger partial charge in [0.1, 0.15) is 5.75 Å². The molecule has 0 bridgehead atoms. The lowest BCUT2D eigenvalue weighted by atomic mass is 10.2. The van der Waals surface area contributed by atoms with Crippen LogP contribution in [-0.2, 0) is 11.3 Å². The van der Waals surface area contributed by atoms with E-state index in [0.717, 1.165) is 24.3 Å². The van der Waals surface area contributed by atoms with Gasteiger partial charge in [0.05, 0.1) is 10.5 Å². The summed E-state index contributed by atoms with van der Waals surface area (Å²) in [4.78, 5) is 26.1. The largest absolute Gasteiger partial charge is 0.573 e. The zero-order valence-electron chi connectivity index (χ0n) is 14.3. The molecular formula is C17H10F3N3O6. The number of halogens is 3. The maximum Gasteiger partial charge on any atom is 0.573 e. The van der Waals surface area contributed by atoms with Crippen molar-refractivity contribution in [2.45, 2.75) is 13.0 Å². The number of carbonyl (C=O) groups excluding carboxylic acids is 1. The van der Waals surface area contributed by atoms with Crippen LogP contribution in [0.3, 0.4) is 0 Å². The summed E-state index contributed by atoms with van der Waals surface area (Å²) in [5, 5.41) is 14.3. The second-order valence-corrected chi connectivity index (χ2v) is 5.46. The molecule has 0 spiro atoms. The highest BCUT2D eigenvalue weighted by molar-refractivity contribution is 5.89. The molecule has 0 radical (unpaired) electrons. The van der Waals surface area contributed by atoms with Gasteiger partial charge in [0, 0.05) is 17.7 Å². The molecule has 12 heteroatoms. The number of ether oxygens (including phenoxy) is 2. The van der Waals surface area contributed by atoms with Crippen LogP contribution in [0, 0.1) is 10.1 Å². The van der Waals surface area contributed by atoms with Crippen molar-refractivity contribution in [3.8, 4) is 17.1 Å². The number of rotatable bonds is 6. The van der Waals surface area contributed by atoms with Crippen molar-refractivity contribution in [3.05, 3.63) is 70.1 Å². The lowest BCUT2D eigenvalue weighted by Crippen LogP contribution is -2.17. The molecule has 150 valence electrons. The van der Waals surface area contributed by atoms with E-state index in [1.54, 1.807) is 0 Å². The minimum absolute atomic E-state index is 0.00497. The van der Waals surface area contributed by atoms with Gasteiger partial charge in [-0.25, -0.2) is 4.79 Å². The Balaban J connectivity index is 1.59. The monoisotopic (exact) mass is 409 g/mol. The first-order chi connectivity index (χ1) is 13.7. The fraction of sp³-hybridized carbons (Fsp3) is 0.118. The molecule has 0 aliphatic rings. The summed E-state index contributed by atoms with van der Waals surface area (Å²) in [5.41, 5.74) is 0.352. The highest BCUT2D eigenvalue weighted by Crippen LogP contribution is 2.23. The molecule has 1 aromatic heterocycles. The van der Waals surface area contributed by atoms with Gasteiger partial charge < -0.3 is 14.0 Å². The van der Waals surface area contributed by atoms with Crippen LogP contribution in [0.4, 0.5) is 18.9 Å². The topological polar surface area (TPSA) is 118 Å². The van der Waals surface area contributed by atoms with Gasteiger partial charge in [-0.15, -0.1) is 13.2 Å². The number of nitrogens with zero attached hydrogens (tertiary/aromatic N) is 3. The van der Waals surface area contributed by atoms with Crippen LogP contribution in [0.1, 0.15) is 16.2 Å². The second kappa shape index (κ2) is 7.96. The Morgan fingerprint density at radius 2 is 1.76 bits per heavy atom. The Hall–Kier alpha value is -3.96. The van der Waals surface area contributed by atoms with Crippen molar-refractivity contribution >= 4 is 11.7 Å². The first-order valence-electron chi connectivity index (χ1n) is 7.81. The zero-order chi connectivity index (χ0) is 21.0. The van der Waals surface area contributed by atoms with Gasteiger partial charge in [-0.1, -0.05) is 5.16 Å². The number of benzene rings is 2. The summed E-state index contributed by atoms with van der Waals surface area (Å²) in [7, 11) is 0. The normalized spacial score (nSPS) is 11.1. The average molecular weight is 409 g/mol. The lowest BCUT2D eigenvalue weighted by Gasteiger charge is -2.08. The maximum atomic E-state index is 12.1. The highest BCUT2D eigenvalue weighted by Gasteiger charge is 2.31. The first kappa shape index (κ1) is 19.8. The SMILES string of the molecule is O=C(OCc1nc(-c2ccc([N+](=O)[O-])cc2)no1)c1ccc(OC(F)(F)F)cc1. The van der Waals surface area contributed by atoms with Crippen LogP contribution in [-0.4, -0.2) is 27.4 Å². The molecule has 0 saturated heterocycles. The van der Waals surface area contributed by atoms with Gasteiger partial charge in [-0.3, -0.25) is 10.1 Å².